The zero-order valence-corrected chi connectivity index (χ0v) is 16.0. The molecule has 0 aliphatic heterocycles. The molecule has 0 radical (unpaired) electrons. The van der Waals surface area contributed by atoms with Crippen molar-refractivity contribution >= 4 is 5.65 Å². The van der Waals surface area contributed by atoms with Crippen LogP contribution in [0.5, 0.6) is 11.5 Å². The zero-order valence-electron chi connectivity index (χ0n) is 16.0. The van der Waals surface area contributed by atoms with E-state index in [2.05, 4.69) is 16.3 Å². The molecular weight excluding hydrogens is 368 g/mol. The van der Waals surface area contributed by atoms with E-state index in [0.29, 0.717) is 28.9 Å². The predicted octanol–water partition coefficient (Wildman–Crippen LogP) is 3.48. The van der Waals surface area contributed by atoms with Crippen molar-refractivity contribution in [2.75, 3.05) is 7.11 Å². The molecule has 7 heteroatoms. The fourth-order valence-corrected chi connectivity index (χ4v) is 3.30. The summed E-state index contributed by atoms with van der Waals surface area (Å²) in [4.78, 5) is 16.7. The minimum atomic E-state index is -0.131. The number of benzene rings is 1. The van der Waals surface area contributed by atoms with Gasteiger partial charge in [0.05, 0.1) is 25.0 Å². The molecule has 0 N–H and O–H groups in total. The summed E-state index contributed by atoms with van der Waals surface area (Å²) in [6.45, 7) is 0.189. The van der Waals surface area contributed by atoms with Gasteiger partial charge in [0.15, 0.2) is 0 Å². The van der Waals surface area contributed by atoms with Gasteiger partial charge in [0, 0.05) is 30.1 Å². The quantitative estimate of drug-likeness (QED) is 0.506. The lowest BCUT2D eigenvalue weighted by molar-refractivity contribution is 0.299. The van der Waals surface area contributed by atoms with E-state index < -0.39 is 0 Å². The highest BCUT2D eigenvalue weighted by atomic mass is 16.5. The molecule has 4 aromatic rings. The van der Waals surface area contributed by atoms with Gasteiger partial charge in [-0.15, -0.1) is 0 Å². The first kappa shape index (κ1) is 17.5. The highest BCUT2D eigenvalue weighted by Gasteiger charge is 2.24. The zero-order chi connectivity index (χ0) is 19.8. The largest absolute Gasteiger partial charge is 0.497 e. The van der Waals surface area contributed by atoms with Crippen molar-refractivity contribution in [1.29, 1.82) is 0 Å². The van der Waals surface area contributed by atoms with Crippen LogP contribution >= 0.6 is 0 Å². The van der Waals surface area contributed by atoms with E-state index in [4.69, 9.17) is 9.47 Å². The summed E-state index contributed by atoms with van der Waals surface area (Å²) >= 11 is 0. The Morgan fingerprint density at radius 1 is 1.10 bits per heavy atom. The average molecular weight is 388 g/mol. The van der Waals surface area contributed by atoms with Crippen LogP contribution in [0.25, 0.3) is 16.8 Å². The summed E-state index contributed by atoms with van der Waals surface area (Å²) in [5.41, 5.74) is 3.03. The molecule has 0 bridgehead atoms. The Hall–Kier alpha value is -3.61. The SMILES string of the molecule is COc1cc(OCc2cc(=O)n3ccccc3n2)cc(-c2cnn(C3CC3)c2)c1. The average Bonchev–Trinajstić information content (AvgIpc) is 3.48. The molecule has 1 fully saturated rings. The Morgan fingerprint density at radius 3 is 2.79 bits per heavy atom. The lowest BCUT2D eigenvalue weighted by atomic mass is 10.1. The van der Waals surface area contributed by atoms with Crippen LogP contribution in [0.4, 0.5) is 0 Å². The van der Waals surface area contributed by atoms with E-state index >= 15 is 0 Å². The van der Waals surface area contributed by atoms with Gasteiger partial charge in [0.25, 0.3) is 5.56 Å². The first-order valence-corrected chi connectivity index (χ1v) is 9.53. The van der Waals surface area contributed by atoms with Crippen LogP contribution in [0.15, 0.2) is 65.8 Å². The second-order valence-corrected chi connectivity index (χ2v) is 7.14. The molecule has 7 nitrogen and oxygen atoms in total. The molecular formula is C22H20N4O3. The monoisotopic (exact) mass is 388 g/mol. The maximum absolute atomic E-state index is 12.3. The minimum Gasteiger partial charge on any atom is -0.497 e. The second-order valence-electron chi connectivity index (χ2n) is 7.14. The van der Waals surface area contributed by atoms with Crippen molar-refractivity contribution in [3.05, 3.63) is 77.1 Å². The third kappa shape index (κ3) is 3.59. The Kier molecular flexibility index (Phi) is 4.27. The van der Waals surface area contributed by atoms with Crippen molar-refractivity contribution in [2.24, 2.45) is 0 Å². The van der Waals surface area contributed by atoms with E-state index in [0.717, 1.165) is 11.1 Å². The van der Waals surface area contributed by atoms with E-state index in [9.17, 15) is 4.79 Å². The molecule has 0 amide bonds. The van der Waals surface area contributed by atoms with Gasteiger partial charge < -0.3 is 9.47 Å². The number of hydrogen-bond acceptors (Lipinski definition) is 5. The molecule has 0 atom stereocenters. The van der Waals surface area contributed by atoms with E-state index in [-0.39, 0.29) is 12.2 Å². The molecule has 146 valence electrons. The lowest BCUT2D eigenvalue weighted by Gasteiger charge is -2.10. The summed E-state index contributed by atoms with van der Waals surface area (Å²) in [5, 5.41) is 4.46. The minimum absolute atomic E-state index is 0.131. The van der Waals surface area contributed by atoms with E-state index in [1.165, 1.54) is 23.3 Å². The molecule has 3 aromatic heterocycles. The van der Waals surface area contributed by atoms with Crippen LogP contribution in [-0.2, 0) is 6.61 Å². The fourth-order valence-electron chi connectivity index (χ4n) is 3.30. The maximum Gasteiger partial charge on any atom is 0.258 e. The van der Waals surface area contributed by atoms with Crippen LogP contribution < -0.4 is 15.0 Å². The van der Waals surface area contributed by atoms with Crippen LogP contribution in [0.1, 0.15) is 24.6 Å². The van der Waals surface area contributed by atoms with Gasteiger partial charge in [-0.1, -0.05) is 6.07 Å². The summed E-state index contributed by atoms with van der Waals surface area (Å²) in [7, 11) is 1.63. The van der Waals surface area contributed by atoms with Crippen LogP contribution in [0.3, 0.4) is 0 Å². The standard InChI is InChI=1S/C22H20N4O3/c1-28-19-8-15(16-12-23-26(13-16)18-5-6-18)9-20(11-19)29-14-17-10-22(27)25-7-3-2-4-21(25)24-17/h2-4,7-13,18H,5-6,14H2,1H3. The number of pyridine rings is 1. The van der Waals surface area contributed by atoms with Gasteiger partial charge in [0.2, 0.25) is 0 Å². The number of methoxy groups -OCH3 is 1. The van der Waals surface area contributed by atoms with Crippen molar-refractivity contribution in [2.45, 2.75) is 25.5 Å². The van der Waals surface area contributed by atoms with E-state index in [1.54, 1.807) is 25.4 Å². The lowest BCUT2D eigenvalue weighted by Crippen LogP contribution is -2.16. The number of aromatic nitrogens is 4. The molecule has 0 spiro atoms. The molecule has 3 heterocycles. The normalized spacial score (nSPS) is 13.6. The van der Waals surface area contributed by atoms with Gasteiger partial charge in [0.1, 0.15) is 23.8 Å². The Labute approximate surface area is 167 Å². The Morgan fingerprint density at radius 2 is 1.97 bits per heavy atom. The molecule has 1 saturated carbocycles. The Balaban J connectivity index is 1.41. The Bertz CT molecular complexity index is 1240. The maximum atomic E-state index is 12.3. The number of fused-ring (bicyclic) bond motifs is 1. The van der Waals surface area contributed by atoms with Gasteiger partial charge in [-0.3, -0.25) is 13.9 Å². The van der Waals surface area contributed by atoms with Crippen LogP contribution in [0.2, 0.25) is 0 Å². The molecule has 0 saturated heterocycles. The van der Waals surface area contributed by atoms with Crippen molar-refractivity contribution in [3.63, 3.8) is 0 Å². The highest BCUT2D eigenvalue weighted by molar-refractivity contribution is 5.66. The van der Waals surface area contributed by atoms with Gasteiger partial charge >= 0.3 is 0 Å². The highest BCUT2D eigenvalue weighted by Crippen LogP contribution is 2.36. The molecule has 1 aromatic carbocycles. The van der Waals surface area contributed by atoms with Crippen molar-refractivity contribution in [3.8, 4) is 22.6 Å². The van der Waals surface area contributed by atoms with Gasteiger partial charge in [-0.2, -0.15) is 5.10 Å². The number of nitrogens with zero attached hydrogens (tertiary/aromatic N) is 4. The van der Waals surface area contributed by atoms with Gasteiger partial charge in [-0.25, -0.2) is 4.98 Å². The molecule has 29 heavy (non-hydrogen) atoms. The van der Waals surface area contributed by atoms with Gasteiger partial charge in [-0.05, 0) is 42.7 Å². The summed E-state index contributed by atoms with van der Waals surface area (Å²) in [5.74, 6) is 1.34. The van der Waals surface area contributed by atoms with E-state index in [1.807, 2.05) is 35.1 Å². The van der Waals surface area contributed by atoms with Crippen LogP contribution in [0, 0.1) is 0 Å². The molecule has 1 aliphatic carbocycles. The number of ether oxygens (including phenoxy) is 2. The first-order chi connectivity index (χ1) is 14.2. The van der Waals surface area contributed by atoms with Crippen molar-refractivity contribution in [1.82, 2.24) is 19.2 Å². The second kappa shape index (κ2) is 7.09. The van der Waals surface area contributed by atoms with Crippen molar-refractivity contribution < 1.29 is 9.47 Å². The summed E-state index contributed by atoms with van der Waals surface area (Å²) < 4.78 is 14.9. The smallest absolute Gasteiger partial charge is 0.258 e. The topological polar surface area (TPSA) is 70.7 Å². The van der Waals surface area contributed by atoms with Crippen LogP contribution in [-0.4, -0.2) is 26.3 Å². The third-order valence-corrected chi connectivity index (χ3v) is 4.98. The molecule has 5 rings (SSSR count). The summed E-state index contributed by atoms with van der Waals surface area (Å²) in [6, 6.07) is 13.2. The number of rotatable bonds is 6. The fraction of sp³-hybridized carbons (Fsp3) is 0.227. The summed E-state index contributed by atoms with van der Waals surface area (Å²) in [6.07, 6.45) is 7.99. The predicted molar refractivity (Wildman–Crippen MR) is 108 cm³/mol. The first-order valence-electron chi connectivity index (χ1n) is 9.53. The molecule has 1 aliphatic rings. The number of hydrogen-bond donors (Lipinski definition) is 0. The molecule has 0 unspecified atom stereocenters. The third-order valence-electron chi connectivity index (χ3n) is 4.98.